The molecule has 11 heteroatoms. The van der Waals surface area contributed by atoms with Crippen molar-refractivity contribution in [3.63, 3.8) is 0 Å². The summed E-state index contributed by atoms with van der Waals surface area (Å²) in [6, 6.07) is 12.7. The molecule has 0 heterocycles. The highest BCUT2D eigenvalue weighted by atomic mass is 19.1. The smallest absolute Gasteiger partial charge is 0.253 e. The fraction of sp³-hybridized carbons (Fsp3) is 0.452. The zero-order valence-electron chi connectivity index (χ0n) is 24.3. The zero-order valence-corrected chi connectivity index (χ0v) is 24.3. The van der Waals surface area contributed by atoms with Gasteiger partial charge in [0.25, 0.3) is 11.8 Å². The van der Waals surface area contributed by atoms with E-state index in [0.717, 1.165) is 57.4 Å². The molecule has 2 amide bonds. The van der Waals surface area contributed by atoms with Gasteiger partial charge in [0.15, 0.2) is 0 Å². The number of nitrogens with zero attached hydrogens (tertiary/aromatic N) is 2. The summed E-state index contributed by atoms with van der Waals surface area (Å²) in [5.74, 6) is -1.67. The molecule has 2 aromatic carbocycles. The number of nitriles is 2. The van der Waals surface area contributed by atoms with Gasteiger partial charge in [-0.05, 0) is 81.8 Å². The molecule has 0 spiro atoms. The number of halogens is 2. The number of benzene rings is 2. The highest BCUT2D eigenvalue weighted by molar-refractivity contribution is 5.95. The Morgan fingerprint density at radius 3 is 1.62 bits per heavy atom. The first-order valence-corrected chi connectivity index (χ1v) is 13.8. The predicted octanol–water partition coefficient (Wildman–Crippen LogP) is 5.25. The van der Waals surface area contributed by atoms with Gasteiger partial charge in [0.05, 0.1) is 28.7 Å². The number of nitrogens with two attached hydrogens (primary N) is 1. The maximum atomic E-state index is 13.7. The van der Waals surface area contributed by atoms with Gasteiger partial charge in [-0.25, -0.2) is 8.78 Å². The molecule has 3 saturated carbocycles. The molecule has 5 rings (SSSR count). The van der Waals surface area contributed by atoms with Gasteiger partial charge >= 0.3 is 0 Å². The summed E-state index contributed by atoms with van der Waals surface area (Å²) in [5, 5.41) is 25.2. The molecule has 2 aromatic rings. The van der Waals surface area contributed by atoms with Gasteiger partial charge in [0.2, 0.25) is 0 Å². The molecule has 224 valence electrons. The van der Waals surface area contributed by atoms with Crippen LogP contribution in [0.2, 0.25) is 0 Å². The van der Waals surface area contributed by atoms with E-state index in [-0.39, 0.29) is 16.5 Å². The Kier molecular flexibility index (Phi) is 12.4. The van der Waals surface area contributed by atoms with E-state index in [1.54, 1.807) is 6.07 Å². The van der Waals surface area contributed by atoms with Crippen LogP contribution in [-0.2, 0) is 4.79 Å². The number of carbonyl (C=O) groups is 3. The molecule has 0 bridgehead atoms. The summed E-state index contributed by atoms with van der Waals surface area (Å²) in [7, 11) is 2.89. The topological polar surface area (TPSA) is 161 Å². The maximum Gasteiger partial charge on any atom is 0.253 e. The zero-order chi connectivity index (χ0) is 31.3. The van der Waals surface area contributed by atoms with Gasteiger partial charge in [-0.15, -0.1) is 0 Å². The second-order valence-electron chi connectivity index (χ2n) is 10.7. The minimum absolute atomic E-state index is 0.00247. The number of nitrogen functional groups attached to an aromatic ring is 1. The van der Waals surface area contributed by atoms with E-state index in [9.17, 15) is 23.2 Å². The van der Waals surface area contributed by atoms with E-state index in [1.807, 2.05) is 6.92 Å². The number of rotatable bonds is 4. The SMILES string of the molecule is CC1(C#N)CCC1.CNC(=O)c1ccc(N)cc1F.CNC(=O)c1ccc(NC2(C#N)CCC2)cc1F.O=C1CCC1. The van der Waals surface area contributed by atoms with Crippen molar-refractivity contribution >= 4 is 29.0 Å². The molecule has 3 aliphatic carbocycles. The Morgan fingerprint density at radius 2 is 1.33 bits per heavy atom. The number of Topliss-reactive ketones (excluding diaryl/α,β-unsaturated/α-hetero) is 1. The molecule has 42 heavy (non-hydrogen) atoms. The van der Waals surface area contributed by atoms with Crippen molar-refractivity contribution in [3.8, 4) is 12.1 Å². The van der Waals surface area contributed by atoms with Crippen molar-refractivity contribution in [3.05, 3.63) is 59.2 Å². The van der Waals surface area contributed by atoms with Crippen LogP contribution in [-0.4, -0.2) is 37.2 Å². The fourth-order valence-electron chi connectivity index (χ4n) is 3.97. The first-order valence-electron chi connectivity index (χ1n) is 13.8. The number of nitrogens with one attached hydrogen (secondary N) is 3. The number of hydrogen-bond donors (Lipinski definition) is 4. The van der Waals surface area contributed by atoms with Crippen molar-refractivity contribution in [2.75, 3.05) is 25.1 Å². The Balaban J connectivity index is 0.000000219. The second kappa shape index (κ2) is 15.5. The molecule has 0 aromatic heterocycles. The molecule has 0 saturated heterocycles. The molecular formula is C31H38F2N6O3. The van der Waals surface area contributed by atoms with E-state index in [4.69, 9.17) is 16.3 Å². The summed E-state index contributed by atoms with van der Waals surface area (Å²) >= 11 is 0. The van der Waals surface area contributed by atoms with Crippen molar-refractivity contribution in [1.82, 2.24) is 10.6 Å². The predicted molar refractivity (Wildman–Crippen MR) is 156 cm³/mol. The van der Waals surface area contributed by atoms with Crippen LogP contribution in [0, 0.1) is 39.7 Å². The third-order valence-electron chi connectivity index (χ3n) is 7.35. The molecule has 0 unspecified atom stereocenters. The van der Waals surface area contributed by atoms with Crippen LogP contribution in [0.5, 0.6) is 0 Å². The molecule has 3 fully saturated rings. The summed E-state index contributed by atoms with van der Waals surface area (Å²) < 4.78 is 26.7. The van der Waals surface area contributed by atoms with Crippen LogP contribution in [0.25, 0.3) is 0 Å². The number of carbonyl (C=O) groups excluding carboxylic acids is 3. The average Bonchev–Trinajstić information content (AvgIpc) is 2.93. The van der Waals surface area contributed by atoms with Crippen LogP contribution in [0.1, 0.15) is 85.4 Å². The Hall–Kier alpha value is -4.51. The van der Waals surface area contributed by atoms with E-state index in [0.29, 0.717) is 17.2 Å². The van der Waals surface area contributed by atoms with E-state index < -0.39 is 29.0 Å². The monoisotopic (exact) mass is 580 g/mol. The van der Waals surface area contributed by atoms with Gasteiger partial charge in [0, 0.05) is 38.3 Å². The van der Waals surface area contributed by atoms with Crippen molar-refractivity contribution in [2.24, 2.45) is 5.41 Å². The van der Waals surface area contributed by atoms with Gasteiger partial charge in [-0.1, -0.05) is 6.42 Å². The fourth-order valence-corrected chi connectivity index (χ4v) is 3.97. The summed E-state index contributed by atoms with van der Waals surface area (Å²) in [6.45, 7) is 2.02. The van der Waals surface area contributed by atoms with Gasteiger partial charge in [-0.3, -0.25) is 14.4 Å². The number of ketones is 1. The molecule has 0 aliphatic heterocycles. The molecule has 0 atom stereocenters. The Bertz CT molecular complexity index is 1350. The minimum Gasteiger partial charge on any atom is -0.399 e. The number of hydrogen-bond acceptors (Lipinski definition) is 7. The van der Waals surface area contributed by atoms with E-state index >= 15 is 0 Å². The molecular weight excluding hydrogens is 542 g/mol. The average molecular weight is 581 g/mol. The first-order chi connectivity index (χ1) is 19.9. The third-order valence-corrected chi connectivity index (χ3v) is 7.35. The lowest BCUT2D eigenvalue weighted by atomic mass is 9.72. The molecule has 9 nitrogen and oxygen atoms in total. The number of anilines is 2. The van der Waals surface area contributed by atoms with E-state index in [1.165, 1.54) is 44.8 Å². The van der Waals surface area contributed by atoms with Crippen LogP contribution in [0.15, 0.2) is 36.4 Å². The van der Waals surface area contributed by atoms with Crippen LogP contribution in [0.4, 0.5) is 20.2 Å². The summed E-state index contributed by atoms with van der Waals surface area (Å²) in [4.78, 5) is 32.2. The quantitative estimate of drug-likeness (QED) is 0.359. The van der Waals surface area contributed by atoms with E-state index in [2.05, 4.69) is 28.1 Å². The van der Waals surface area contributed by atoms with Crippen LogP contribution in [0.3, 0.4) is 0 Å². The third kappa shape index (κ3) is 9.55. The highest BCUT2D eigenvalue weighted by Crippen LogP contribution is 2.39. The lowest BCUT2D eigenvalue weighted by Gasteiger charge is -2.36. The normalized spacial score (nSPS) is 16.5. The summed E-state index contributed by atoms with van der Waals surface area (Å²) in [5.41, 5.74) is 5.64. The van der Waals surface area contributed by atoms with Gasteiger partial charge < -0.3 is 21.7 Å². The maximum absolute atomic E-state index is 13.7. The van der Waals surface area contributed by atoms with Gasteiger partial charge in [-0.2, -0.15) is 10.5 Å². The van der Waals surface area contributed by atoms with Crippen LogP contribution >= 0.6 is 0 Å². The molecule has 5 N–H and O–H groups in total. The minimum atomic E-state index is -0.602. The van der Waals surface area contributed by atoms with Crippen LogP contribution < -0.4 is 21.7 Å². The lowest BCUT2D eigenvalue weighted by molar-refractivity contribution is -0.123. The standard InChI is InChI=1S/C13H14FN3O.C8H9FN2O.C6H9N.C4H6O/c1-16-12(18)10-4-3-9(7-11(10)14)17-13(8-15)5-2-6-13;1-11-8(12)6-3-2-5(10)4-7(6)9;1-6(5-7)3-2-4-6;5-4-2-1-3-4/h3-4,7,17H,2,5-6H2,1H3,(H,16,18);2-4H,10H2,1H3,(H,11,12);2-4H2,1H3;1-3H2. The summed E-state index contributed by atoms with van der Waals surface area (Å²) in [6.07, 6.45) is 8.85. The molecule has 0 radical (unpaired) electrons. The lowest BCUT2D eigenvalue weighted by Crippen LogP contribution is -2.43. The van der Waals surface area contributed by atoms with Crippen molar-refractivity contribution in [1.29, 1.82) is 10.5 Å². The highest BCUT2D eigenvalue weighted by Gasteiger charge is 2.37. The van der Waals surface area contributed by atoms with Crippen molar-refractivity contribution in [2.45, 2.75) is 70.3 Å². The first kappa shape index (κ1) is 33.7. The Morgan fingerprint density at radius 1 is 0.833 bits per heavy atom. The van der Waals surface area contributed by atoms with Gasteiger partial charge in [0.1, 0.15) is 23.0 Å². The largest absolute Gasteiger partial charge is 0.399 e. The number of amides is 2. The Labute approximate surface area is 245 Å². The van der Waals surface area contributed by atoms with Crippen molar-refractivity contribution < 1.29 is 23.2 Å². The molecule has 3 aliphatic rings. The second-order valence-corrected chi connectivity index (χ2v) is 10.7.